The number of nitrogens with one attached hydrogen (secondary N) is 1. The van der Waals surface area contributed by atoms with Crippen LogP contribution in [-0.2, 0) is 16.0 Å². The Bertz CT molecular complexity index is 528. The van der Waals surface area contributed by atoms with Crippen molar-refractivity contribution in [1.29, 1.82) is 0 Å². The van der Waals surface area contributed by atoms with Crippen LogP contribution in [0.2, 0.25) is 0 Å². The molecule has 2 amide bonds. The van der Waals surface area contributed by atoms with Gasteiger partial charge in [0.25, 0.3) is 0 Å². The largest absolute Gasteiger partial charge is 0.353 e. The molecule has 2 aliphatic carbocycles. The van der Waals surface area contributed by atoms with E-state index in [1.54, 1.807) is 17.3 Å². The fourth-order valence-corrected chi connectivity index (χ4v) is 2.53. The quantitative estimate of drug-likeness (QED) is 0.849. The maximum absolute atomic E-state index is 12.3. The summed E-state index contributed by atoms with van der Waals surface area (Å²) in [5.74, 6) is -0.0361. The van der Waals surface area contributed by atoms with Gasteiger partial charge in [0.2, 0.25) is 11.8 Å². The van der Waals surface area contributed by atoms with Crippen molar-refractivity contribution < 1.29 is 9.59 Å². The SMILES string of the molecule is CN(CCc1ccncc1)C(=O)C1CC1C(=O)NC1CC1. The predicted molar refractivity (Wildman–Crippen MR) is 78.3 cm³/mol. The van der Waals surface area contributed by atoms with Crippen LogP contribution in [0.25, 0.3) is 0 Å². The molecule has 2 saturated carbocycles. The Morgan fingerprint density at radius 2 is 2.00 bits per heavy atom. The van der Waals surface area contributed by atoms with E-state index in [1.165, 1.54) is 5.56 Å². The number of nitrogens with zero attached hydrogens (tertiary/aromatic N) is 2. The number of hydrogen-bond donors (Lipinski definition) is 1. The molecule has 21 heavy (non-hydrogen) atoms. The highest BCUT2D eigenvalue weighted by Crippen LogP contribution is 2.40. The van der Waals surface area contributed by atoms with Crippen molar-refractivity contribution in [3.05, 3.63) is 30.1 Å². The minimum Gasteiger partial charge on any atom is -0.353 e. The van der Waals surface area contributed by atoms with Gasteiger partial charge in [-0.1, -0.05) is 0 Å². The molecule has 0 spiro atoms. The minimum absolute atomic E-state index is 0.0679. The molecule has 0 saturated heterocycles. The van der Waals surface area contributed by atoms with Crippen molar-refractivity contribution in [2.45, 2.75) is 31.7 Å². The van der Waals surface area contributed by atoms with Crippen LogP contribution in [0, 0.1) is 11.8 Å². The summed E-state index contributed by atoms with van der Waals surface area (Å²) in [6.07, 6.45) is 7.21. The minimum atomic E-state index is -0.105. The summed E-state index contributed by atoms with van der Waals surface area (Å²) < 4.78 is 0. The first-order chi connectivity index (χ1) is 10.1. The topological polar surface area (TPSA) is 62.3 Å². The lowest BCUT2D eigenvalue weighted by Gasteiger charge is -2.17. The van der Waals surface area contributed by atoms with Crippen molar-refractivity contribution in [2.75, 3.05) is 13.6 Å². The predicted octanol–water partition coefficient (Wildman–Crippen LogP) is 0.997. The number of carbonyl (C=O) groups excluding carboxylic acids is 2. The highest BCUT2D eigenvalue weighted by molar-refractivity contribution is 5.92. The average molecular weight is 287 g/mol. The zero-order valence-corrected chi connectivity index (χ0v) is 12.3. The Morgan fingerprint density at radius 1 is 1.29 bits per heavy atom. The summed E-state index contributed by atoms with van der Waals surface area (Å²) in [6.45, 7) is 0.677. The third-order valence-corrected chi connectivity index (χ3v) is 4.23. The number of hydrogen-bond acceptors (Lipinski definition) is 3. The van der Waals surface area contributed by atoms with E-state index in [1.807, 2.05) is 19.2 Å². The molecule has 0 aliphatic heterocycles. The summed E-state index contributed by atoms with van der Waals surface area (Å²) in [7, 11) is 1.82. The smallest absolute Gasteiger partial charge is 0.226 e. The van der Waals surface area contributed by atoms with Gasteiger partial charge in [-0.3, -0.25) is 14.6 Å². The Hall–Kier alpha value is -1.91. The van der Waals surface area contributed by atoms with Gasteiger partial charge in [-0.15, -0.1) is 0 Å². The van der Waals surface area contributed by atoms with Gasteiger partial charge in [0.05, 0.1) is 11.8 Å². The van der Waals surface area contributed by atoms with E-state index in [4.69, 9.17) is 0 Å². The zero-order chi connectivity index (χ0) is 14.8. The third kappa shape index (κ3) is 3.60. The van der Waals surface area contributed by atoms with Gasteiger partial charge < -0.3 is 10.2 Å². The molecule has 1 aromatic heterocycles. The third-order valence-electron chi connectivity index (χ3n) is 4.23. The van der Waals surface area contributed by atoms with Crippen molar-refractivity contribution in [2.24, 2.45) is 11.8 Å². The standard InChI is InChI=1S/C16H21N3O2/c1-19(9-6-11-4-7-17-8-5-11)16(21)14-10-13(14)15(20)18-12-2-3-12/h4-5,7-8,12-14H,2-3,6,9-10H2,1H3,(H,18,20). The Labute approximate surface area is 124 Å². The van der Waals surface area contributed by atoms with Gasteiger partial charge in [-0.2, -0.15) is 0 Å². The Morgan fingerprint density at radius 3 is 2.67 bits per heavy atom. The van der Waals surface area contributed by atoms with E-state index in [2.05, 4.69) is 10.3 Å². The van der Waals surface area contributed by atoms with Crippen molar-refractivity contribution >= 4 is 11.8 Å². The fraction of sp³-hybridized carbons (Fsp3) is 0.562. The summed E-state index contributed by atoms with van der Waals surface area (Å²) in [5, 5.41) is 2.98. The summed E-state index contributed by atoms with van der Waals surface area (Å²) in [4.78, 5) is 29.9. The molecule has 2 fully saturated rings. The molecule has 5 heteroatoms. The molecule has 1 N–H and O–H groups in total. The van der Waals surface area contributed by atoms with Crippen LogP contribution in [0.1, 0.15) is 24.8 Å². The lowest BCUT2D eigenvalue weighted by atomic mass is 10.2. The second-order valence-electron chi connectivity index (χ2n) is 6.10. The van der Waals surface area contributed by atoms with Gasteiger partial charge >= 0.3 is 0 Å². The van der Waals surface area contributed by atoms with Crippen LogP contribution in [0.15, 0.2) is 24.5 Å². The van der Waals surface area contributed by atoms with Gasteiger partial charge in [0.1, 0.15) is 0 Å². The molecule has 1 aromatic rings. The maximum atomic E-state index is 12.3. The second-order valence-corrected chi connectivity index (χ2v) is 6.10. The molecule has 1 heterocycles. The first kappa shape index (κ1) is 14.0. The normalized spacial score (nSPS) is 23.5. The van der Waals surface area contributed by atoms with Gasteiger partial charge in [-0.05, 0) is 43.4 Å². The molecular formula is C16H21N3O2. The molecule has 3 rings (SSSR count). The molecule has 5 nitrogen and oxygen atoms in total. The number of aromatic nitrogens is 1. The van der Waals surface area contributed by atoms with Crippen LogP contribution in [0.5, 0.6) is 0 Å². The molecule has 2 atom stereocenters. The summed E-state index contributed by atoms with van der Waals surface area (Å²) in [6, 6.07) is 4.29. The molecule has 0 bridgehead atoms. The number of amides is 2. The van der Waals surface area contributed by atoms with E-state index in [9.17, 15) is 9.59 Å². The van der Waals surface area contributed by atoms with Crippen LogP contribution >= 0.6 is 0 Å². The van der Waals surface area contributed by atoms with E-state index in [0.29, 0.717) is 19.0 Å². The van der Waals surface area contributed by atoms with Gasteiger partial charge in [0.15, 0.2) is 0 Å². The molecule has 0 aromatic carbocycles. The highest BCUT2D eigenvalue weighted by Gasteiger charge is 2.49. The molecular weight excluding hydrogens is 266 g/mol. The zero-order valence-electron chi connectivity index (χ0n) is 12.3. The van der Waals surface area contributed by atoms with Crippen molar-refractivity contribution in [1.82, 2.24) is 15.2 Å². The number of likely N-dealkylation sites (N-methyl/N-ethyl adjacent to an activating group) is 1. The number of carbonyl (C=O) groups is 2. The maximum Gasteiger partial charge on any atom is 0.226 e. The van der Waals surface area contributed by atoms with Crippen molar-refractivity contribution in [3.63, 3.8) is 0 Å². The molecule has 112 valence electrons. The number of rotatable bonds is 6. The van der Waals surface area contributed by atoms with Crippen LogP contribution < -0.4 is 5.32 Å². The Balaban J connectivity index is 1.44. The number of pyridine rings is 1. The second kappa shape index (κ2) is 5.84. The van der Waals surface area contributed by atoms with Crippen LogP contribution in [-0.4, -0.2) is 41.3 Å². The summed E-state index contributed by atoms with van der Waals surface area (Å²) >= 11 is 0. The van der Waals surface area contributed by atoms with E-state index >= 15 is 0 Å². The average Bonchev–Trinajstić information content (AvgIpc) is 3.38. The van der Waals surface area contributed by atoms with E-state index in [0.717, 1.165) is 19.3 Å². The lowest BCUT2D eigenvalue weighted by molar-refractivity contribution is -0.133. The Kier molecular flexibility index (Phi) is 3.90. The van der Waals surface area contributed by atoms with Gasteiger partial charge in [-0.25, -0.2) is 0 Å². The molecule has 2 unspecified atom stereocenters. The highest BCUT2D eigenvalue weighted by atomic mass is 16.2. The van der Waals surface area contributed by atoms with Crippen LogP contribution in [0.3, 0.4) is 0 Å². The summed E-state index contributed by atoms with van der Waals surface area (Å²) in [5.41, 5.74) is 1.17. The lowest BCUT2D eigenvalue weighted by Crippen LogP contribution is -2.33. The van der Waals surface area contributed by atoms with E-state index < -0.39 is 0 Å². The first-order valence-electron chi connectivity index (χ1n) is 7.59. The molecule has 0 radical (unpaired) electrons. The van der Waals surface area contributed by atoms with Gasteiger partial charge in [0, 0.05) is 32.0 Å². The monoisotopic (exact) mass is 287 g/mol. The fourth-order valence-electron chi connectivity index (χ4n) is 2.53. The van der Waals surface area contributed by atoms with E-state index in [-0.39, 0.29) is 23.7 Å². The van der Waals surface area contributed by atoms with Crippen molar-refractivity contribution in [3.8, 4) is 0 Å². The molecule has 2 aliphatic rings. The van der Waals surface area contributed by atoms with Crippen LogP contribution in [0.4, 0.5) is 0 Å². The first-order valence-corrected chi connectivity index (χ1v) is 7.59.